The van der Waals surface area contributed by atoms with E-state index in [1.807, 2.05) is 51.1 Å². The molecule has 1 aliphatic heterocycles. The molecule has 2 aromatic carbocycles. The number of ether oxygens (including phenoxy) is 2. The number of pyridine rings is 2. The molecule has 34 heavy (non-hydrogen) atoms. The molecule has 1 N–H and O–H groups in total. The second-order valence-corrected chi connectivity index (χ2v) is 8.66. The number of rotatable bonds is 5. The Balaban J connectivity index is 1.92. The fourth-order valence-corrected chi connectivity index (χ4v) is 4.74. The average Bonchev–Trinajstić information content (AvgIpc) is 2.82. The first-order valence-corrected chi connectivity index (χ1v) is 11.2. The molecule has 2 aromatic heterocycles. The molecule has 0 saturated carbocycles. The zero-order valence-corrected chi connectivity index (χ0v) is 19.1. The normalized spacial score (nSPS) is 13.6. The maximum Gasteiger partial charge on any atom is 0.337 e. The summed E-state index contributed by atoms with van der Waals surface area (Å²) in [6.07, 6.45) is 1.07. The van der Waals surface area contributed by atoms with Gasteiger partial charge in [0, 0.05) is 34.5 Å². The number of carbonyl (C=O) groups is 1. The molecule has 0 spiro atoms. The monoisotopic (exact) mass is 453 g/mol. The van der Waals surface area contributed by atoms with Crippen molar-refractivity contribution in [3.8, 4) is 22.9 Å². The van der Waals surface area contributed by atoms with Crippen LogP contribution in [0.15, 0.2) is 42.6 Å². The molecule has 0 radical (unpaired) electrons. The lowest BCUT2D eigenvalue weighted by atomic mass is 9.86. The number of carboxylic acids is 1. The molecule has 7 nitrogen and oxygen atoms in total. The van der Waals surface area contributed by atoms with E-state index >= 15 is 0 Å². The topological polar surface area (TPSA) is 105 Å². The molecule has 0 bridgehead atoms. The van der Waals surface area contributed by atoms with Crippen LogP contribution in [-0.4, -0.2) is 33.8 Å². The van der Waals surface area contributed by atoms with E-state index in [4.69, 9.17) is 14.5 Å². The molecule has 0 aliphatic carbocycles. The molecule has 4 aromatic rings. The predicted molar refractivity (Wildman–Crippen MR) is 128 cm³/mol. The third kappa shape index (κ3) is 3.53. The van der Waals surface area contributed by atoms with Crippen molar-refractivity contribution in [2.75, 3.05) is 6.61 Å². The van der Waals surface area contributed by atoms with Crippen molar-refractivity contribution >= 4 is 27.8 Å². The van der Waals surface area contributed by atoms with Crippen molar-refractivity contribution in [2.45, 2.75) is 39.4 Å². The Labute approximate surface area is 196 Å². The number of fused-ring (bicyclic) bond motifs is 1. The summed E-state index contributed by atoms with van der Waals surface area (Å²) in [5.41, 5.74) is 5.53. The van der Waals surface area contributed by atoms with Crippen LogP contribution in [-0.2, 0) is 16.0 Å². The SMILES string of the molecule is Cc1cc2nc(C#N)ccc2c(-c2ccc3c4c(ccnc24)CCO3)c1C(OC(C)C)C(=O)O. The minimum atomic E-state index is -1.18. The highest BCUT2D eigenvalue weighted by Crippen LogP contribution is 2.44. The van der Waals surface area contributed by atoms with E-state index in [1.165, 1.54) is 0 Å². The van der Waals surface area contributed by atoms with Crippen molar-refractivity contribution in [1.82, 2.24) is 9.97 Å². The van der Waals surface area contributed by atoms with E-state index in [0.29, 0.717) is 28.9 Å². The fraction of sp³-hybridized carbons (Fsp3) is 0.259. The average molecular weight is 453 g/mol. The van der Waals surface area contributed by atoms with E-state index in [-0.39, 0.29) is 6.10 Å². The Morgan fingerprint density at radius 2 is 2.06 bits per heavy atom. The molecular formula is C27H23N3O4. The highest BCUT2D eigenvalue weighted by molar-refractivity contribution is 6.08. The summed E-state index contributed by atoms with van der Waals surface area (Å²) in [6, 6.07) is 13.2. The Morgan fingerprint density at radius 1 is 1.24 bits per heavy atom. The zero-order valence-electron chi connectivity index (χ0n) is 19.1. The number of benzene rings is 2. The number of hydrogen-bond donors (Lipinski definition) is 1. The molecule has 0 amide bonds. The summed E-state index contributed by atoms with van der Waals surface area (Å²) >= 11 is 0. The van der Waals surface area contributed by atoms with Gasteiger partial charge < -0.3 is 14.6 Å². The number of aromatic nitrogens is 2. The largest absolute Gasteiger partial charge is 0.493 e. The van der Waals surface area contributed by atoms with E-state index in [2.05, 4.69) is 11.1 Å². The van der Waals surface area contributed by atoms with E-state index in [1.54, 1.807) is 12.3 Å². The van der Waals surface area contributed by atoms with Crippen molar-refractivity contribution < 1.29 is 19.4 Å². The lowest BCUT2D eigenvalue weighted by molar-refractivity contribution is -0.153. The van der Waals surface area contributed by atoms with Gasteiger partial charge in [0.15, 0.2) is 6.10 Å². The van der Waals surface area contributed by atoms with E-state index in [9.17, 15) is 15.2 Å². The van der Waals surface area contributed by atoms with Gasteiger partial charge in [0.2, 0.25) is 0 Å². The Kier molecular flexibility index (Phi) is 5.39. The molecular weight excluding hydrogens is 430 g/mol. The first kappa shape index (κ1) is 21.8. The molecule has 1 aliphatic rings. The molecule has 0 fully saturated rings. The number of nitriles is 1. The maximum absolute atomic E-state index is 12.4. The standard InChI is InChI=1S/C27H23N3O4/c1-14(2)34-26(27(31)32)22-15(3)12-20-18(5-4-17(13-28)30-20)24(22)19-6-7-21-23-16(9-11-33-21)8-10-29-25(19)23/h4-8,10,12,14,26H,9,11H2,1-3H3,(H,31,32). The molecule has 0 saturated heterocycles. The number of hydrogen-bond acceptors (Lipinski definition) is 6. The number of nitrogens with zero attached hydrogens (tertiary/aromatic N) is 3. The number of carboxylic acid groups (broad SMARTS) is 1. The Hall–Kier alpha value is -4.02. The van der Waals surface area contributed by atoms with Gasteiger partial charge in [-0.15, -0.1) is 0 Å². The second-order valence-electron chi connectivity index (χ2n) is 8.66. The van der Waals surface area contributed by atoms with Crippen molar-refractivity contribution in [2.24, 2.45) is 0 Å². The number of aryl methyl sites for hydroxylation is 1. The quantitative estimate of drug-likeness (QED) is 0.447. The van der Waals surface area contributed by atoms with Gasteiger partial charge in [0.25, 0.3) is 0 Å². The van der Waals surface area contributed by atoms with Crippen LogP contribution in [0, 0.1) is 18.3 Å². The first-order valence-electron chi connectivity index (χ1n) is 11.2. The summed E-state index contributed by atoms with van der Waals surface area (Å²) < 4.78 is 11.8. The van der Waals surface area contributed by atoms with Crippen molar-refractivity contribution in [3.63, 3.8) is 0 Å². The number of aliphatic carboxylic acids is 1. The third-order valence-corrected chi connectivity index (χ3v) is 6.09. The highest BCUT2D eigenvalue weighted by Gasteiger charge is 2.30. The lowest BCUT2D eigenvalue weighted by Crippen LogP contribution is -2.21. The summed E-state index contributed by atoms with van der Waals surface area (Å²) in [6.45, 7) is 6.08. The summed E-state index contributed by atoms with van der Waals surface area (Å²) in [5.74, 6) is -0.303. The molecule has 7 heteroatoms. The van der Waals surface area contributed by atoms with Gasteiger partial charge in [-0.1, -0.05) is 0 Å². The van der Waals surface area contributed by atoms with Crippen LogP contribution in [0.3, 0.4) is 0 Å². The molecule has 3 heterocycles. The van der Waals surface area contributed by atoms with Gasteiger partial charge in [0.1, 0.15) is 17.5 Å². The lowest BCUT2D eigenvalue weighted by Gasteiger charge is -2.25. The van der Waals surface area contributed by atoms with Crippen LogP contribution >= 0.6 is 0 Å². The summed E-state index contributed by atoms with van der Waals surface area (Å²) in [4.78, 5) is 21.6. The van der Waals surface area contributed by atoms with Gasteiger partial charge >= 0.3 is 5.97 Å². The summed E-state index contributed by atoms with van der Waals surface area (Å²) in [7, 11) is 0. The van der Waals surface area contributed by atoms with Gasteiger partial charge in [0.05, 0.1) is 23.7 Å². The van der Waals surface area contributed by atoms with Crippen LogP contribution < -0.4 is 4.74 Å². The van der Waals surface area contributed by atoms with Crippen molar-refractivity contribution in [1.29, 1.82) is 5.26 Å². The minimum Gasteiger partial charge on any atom is -0.493 e. The van der Waals surface area contributed by atoms with E-state index in [0.717, 1.165) is 45.1 Å². The van der Waals surface area contributed by atoms with Gasteiger partial charge in [-0.25, -0.2) is 9.78 Å². The van der Waals surface area contributed by atoms with E-state index < -0.39 is 12.1 Å². The van der Waals surface area contributed by atoms with Crippen LogP contribution in [0.2, 0.25) is 0 Å². The van der Waals surface area contributed by atoms with Gasteiger partial charge in [-0.2, -0.15) is 5.26 Å². The minimum absolute atomic E-state index is 0.294. The smallest absolute Gasteiger partial charge is 0.337 e. The second kappa shape index (κ2) is 8.40. The van der Waals surface area contributed by atoms with Crippen LogP contribution in [0.25, 0.3) is 32.9 Å². The molecule has 1 atom stereocenters. The van der Waals surface area contributed by atoms with Crippen LogP contribution in [0.5, 0.6) is 5.75 Å². The molecule has 170 valence electrons. The summed E-state index contributed by atoms with van der Waals surface area (Å²) in [5, 5.41) is 21.2. The Morgan fingerprint density at radius 3 is 2.79 bits per heavy atom. The molecule has 1 unspecified atom stereocenters. The highest BCUT2D eigenvalue weighted by atomic mass is 16.5. The van der Waals surface area contributed by atoms with Crippen molar-refractivity contribution in [3.05, 3.63) is 65.0 Å². The maximum atomic E-state index is 12.4. The molecule has 5 rings (SSSR count). The zero-order chi connectivity index (χ0) is 24.0. The van der Waals surface area contributed by atoms with Gasteiger partial charge in [-0.3, -0.25) is 4.98 Å². The first-order chi connectivity index (χ1) is 16.4. The van der Waals surface area contributed by atoms with Gasteiger partial charge in [-0.05, 0) is 73.9 Å². The Bertz CT molecular complexity index is 1490. The van der Waals surface area contributed by atoms with Crippen LogP contribution in [0.4, 0.5) is 0 Å². The fourth-order valence-electron chi connectivity index (χ4n) is 4.74. The predicted octanol–water partition coefficient (Wildman–Crippen LogP) is 5.12. The third-order valence-electron chi connectivity index (χ3n) is 6.09. The van der Waals surface area contributed by atoms with Crippen LogP contribution in [0.1, 0.15) is 42.3 Å².